The summed E-state index contributed by atoms with van der Waals surface area (Å²) >= 11 is 0. The number of hydrogen-bond acceptors (Lipinski definition) is 3. The highest BCUT2D eigenvalue weighted by molar-refractivity contribution is 5.95. The number of aromatic amines is 1. The first kappa shape index (κ1) is 15.3. The molecular weight excluding hydrogens is 335 g/mol. The molecule has 5 rings (SSSR count). The monoisotopic (exact) mass is 352 g/mol. The maximum Gasteiger partial charge on any atom is 0.251 e. The highest BCUT2D eigenvalue weighted by Gasteiger charge is 2.25. The number of carbonyl (C=O) groups excluding carboxylic acids is 1. The van der Waals surface area contributed by atoms with Gasteiger partial charge in [0, 0.05) is 28.2 Å². The molecule has 2 heterocycles. The van der Waals surface area contributed by atoms with Gasteiger partial charge in [0.1, 0.15) is 5.82 Å². The Morgan fingerprint density at radius 2 is 2.04 bits per heavy atom. The molecule has 0 spiro atoms. The Kier molecular flexibility index (Phi) is 3.38. The first-order valence-electron chi connectivity index (χ1n) is 8.67. The molecule has 0 saturated heterocycles. The fourth-order valence-electron chi connectivity index (χ4n) is 3.82. The lowest BCUT2D eigenvalue weighted by atomic mass is 9.91. The first-order valence-corrected chi connectivity index (χ1v) is 8.67. The van der Waals surface area contributed by atoms with Gasteiger partial charge in [0.15, 0.2) is 11.5 Å². The number of nitrogens with one attached hydrogen (secondary N) is 2. The van der Waals surface area contributed by atoms with Gasteiger partial charge in [-0.3, -0.25) is 4.79 Å². The van der Waals surface area contributed by atoms with Crippen LogP contribution in [-0.2, 0) is 12.8 Å². The molecule has 6 heteroatoms. The molecular formula is C20H17FN2O3. The summed E-state index contributed by atoms with van der Waals surface area (Å²) in [5.41, 5.74) is 3.73. The van der Waals surface area contributed by atoms with Crippen LogP contribution in [0.4, 0.5) is 4.39 Å². The van der Waals surface area contributed by atoms with Crippen molar-refractivity contribution in [1.29, 1.82) is 0 Å². The van der Waals surface area contributed by atoms with Crippen molar-refractivity contribution in [2.45, 2.75) is 25.3 Å². The number of amides is 1. The van der Waals surface area contributed by atoms with Crippen LogP contribution in [0.2, 0.25) is 0 Å². The molecule has 1 aliphatic heterocycles. The van der Waals surface area contributed by atoms with E-state index < -0.39 is 0 Å². The lowest BCUT2D eigenvalue weighted by Crippen LogP contribution is -2.38. The number of ether oxygens (including phenoxy) is 2. The molecule has 3 aromatic rings. The summed E-state index contributed by atoms with van der Waals surface area (Å²) in [6, 6.07) is 9.99. The van der Waals surface area contributed by atoms with Gasteiger partial charge >= 0.3 is 0 Å². The summed E-state index contributed by atoms with van der Waals surface area (Å²) in [5.74, 6) is 0.869. The van der Waals surface area contributed by atoms with Crippen molar-refractivity contribution in [2.75, 3.05) is 6.79 Å². The normalized spacial score (nSPS) is 18.0. The Balaban J connectivity index is 1.37. The van der Waals surface area contributed by atoms with E-state index in [9.17, 15) is 9.18 Å². The zero-order chi connectivity index (χ0) is 17.7. The molecule has 0 fully saturated rings. The topological polar surface area (TPSA) is 63.4 Å². The van der Waals surface area contributed by atoms with Crippen molar-refractivity contribution >= 4 is 16.8 Å². The van der Waals surface area contributed by atoms with E-state index in [0.29, 0.717) is 23.5 Å². The van der Waals surface area contributed by atoms with Gasteiger partial charge in [-0.25, -0.2) is 4.39 Å². The number of fused-ring (bicyclic) bond motifs is 4. The highest BCUT2D eigenvalue weighted by atomic mass is 19.1. The minimum atomic E-state index is -0.245. The third-order valence-electron chi connectivity index (χ3n) is 5.12. The fraction of sp³-hybridized carbons (Fsp3) is 0.250. The second-order valence-electron chi connectivity index (χ2n) is 6.75. The summed E-state index contributed by atoms with van der Waals surface area (Å²) in [6.45, 7) is 0.183. The minimum absolute atomic E-state index is 0.0164. The van der Waals surface area contributed by atoms with Crippen LogP contribution in [0.3, 0.4) is 0 Å². The Morgan fingerprint density at radius 1 is 1.15 bits per heavy atom. The van der Waals surface area contributed by atoms with Gasteiger partial charge in [-0.05, 0) is 61.2 Å². The second-order valence-corrected chi connectivity index (χ2v) is 6.75. The average molecular weight is 352 g/mol. The Labute approximate surface area is 149 Å². The van der Waals surface area contributed by atoms with Crippen molar-refractivity contribution in [1.82, 2.24) is 10.3 Å². The van der Waals surface area contributed by atoms with Gasteiger partial charge in [0.05, 0.1) is 0 Å². The van der Waals surface area contributed by atoms with Crippen LogP contribution in [0.25, 0.3) is 10.9 Å². The van der Waals surface area contributed by atoms with E-state index in [-0.39, 0.29) is 24.6 Å². The van der Waals surface area contributed by atoms with Gasteiger partial charge < -0.3 is 19.8 Å². The van der Waals surface area contributed by atoms with Crippen LogP contribution >= 0.6 is 0 Å². The number of rotatable bonds is 2. The predicted molar refractivity (Wildman–Crippen MR) is 94.1 cm³/mol. The number of aryl methyl sites for hydroxylation is 1. The van der Waals surface area contributed by atoms with E-state index in [0.717, 1.165) is 35.0 Å². The number of aromatic nitrogens is 1. The molecule has 5 nitrogen and oxygen atoms in total. The maximum absolute atomic E-state index is 13.6. The first-order chi connectivity index (χ1) is 12.7. The van der Waals surface area contributed by atoms with E-state index in [1.54, 1.807) is 30.3 Å². The van der Waals surface area contributed by atoms with E-state index in [1.165, 1.54) is 6.07 Å². The number of benzene rings is 2. The fourth-order valence-corrected chi connectivity index (χ4v) is 3.82. The van der Waals surface area contributed by atoms with Gasteiger partial charge in [-0.2, -0.15) is 0 Å². The van der Waals surface area contributed by atoms with E-state index in [1.807, 2.05) is 0 Å². The summed E-state index contributed by atoms with van der Waals surface area (Å²) in [6.07, 6.45) is 2.37. The largest absolute Gasteiger partial charge is 0.454 e. The number of H-pyrrole nitrogens is 1. The minimum Gasteiger partial charge on any atom is -0.454 e. The molecule has 1 aromatic heterocycles. The predicted octanol–water partition coefficient (Wildman–Crippen LogP) is 3.32. The lowest BCUT2D eigenvalue weighted by molar-refractivity contribution is 0.0933. The van der Waals surface area contributed by atoms with Crippen LogP contribution in [-0.4, -0.2) is 23.7 Å². The lowest BCUT2D eigenvalue weighted by Gasteiger charge is -2.23. The van der Waals surface area contributed by atoms with Gasteiger partial charge in [-0.1, -0.05) is 0 Å². The van der Waals surface area contributed by atoms with Crippen molar-refractivity contribution in [3.8, 4) is 11.5 Å². The number of carbonyl (C=O) groups is 1. The van der Waals surface area contributed by atoms with Gasteiger partial charge in [0.25, 0.3) is 5.91 Å². The van der Waals surface area contributed by atoms with Gasteiger partial charge in [-0.15, -0.1) is 0 Å². The molecule has 132 valence electrons. The molecule has 2 aliphatic rings. The summed E-state index contributed by atoms with van der Waals surface area (Å²) in [4.78, 5) is 16.0. The van der Waals surface area contributed by atoms with Crippen LogP contribution in [0, 0.1) is 5.82 Å². The van der Waals surface area contributed by atoms with E-state index >= 15 is 0 Å². The average Bonchev–Trinajstić information content (AvgIpc) is 3.25. The summed E-state index contributed by atoms with van der Waals surface area (Å²) < 4.78 is 24.2. The second kappa shape index (κ2) is 5.76. The number of hydrogen-bond donors (Lipinski definition) is 2. The van der Waals surface area contributed by atoms with Crippen molar-refractivity contribution in [2.24, 2.45) is 0 Å². The molecule has 1 aliphatic carbocycles. The summed E-state index contributed by atoms with van der Waals surface area (Å²) in [7, 11) is 0. The van der Waals surface area contributed by atoms with Gasteiger partial charge in [0.2, 0.25) is 6.79 Å². The molecule has 0 bridgehead atoms. The maximum atomic E-state index is 13.6. The van der Waals surface area contributed by atoms with Crippen LogP contribution in [0.5, 0.6) is 11.5 Å². The number of halogens is 1. The van der Waals surface area contributed by atoms with Crippen molar-refractivity contribution < 1.29 is 18.7 Å². The quantitative estimate of drug-likeness (QED) is 0.744. The molecule has 1 unspecified atom stereocenters. The molecule has 0 saturated carbocycles. The van der Waals surface area contributed by atoms with Crippen LogP contribution < -0.4 is 14.8 Å². The molecule has 1 amide bonds. The zero-order valence-corrected chi connectivity index (χ0v) is 14.0. The Bertz CT molecular complexity index is 1030. The molecule has 26 heavy (non-hydrogen) atoms. The molecule has 2 aromatic carbocycles. The third-order valence-corrected chi connectivity index (χ3v) is 5.12. The van der Waals surface area contributed by atoms with Crippen molar-refractivity contribution in [3.05, 3.63) is 59.0 Å². The molecule has 0 radical (unpaired) electrons. The molecule has 2 N–H and O–H groups in total. The highest BCUT2D eigenvalue weighted by Crippen LogP contribution is 2.33. The Morgan fingerprint density at radius 3 is 2.96 bits per heavy atom. The standard InChI is InChI=1S/C20H17FN2O3/c21-12-2-4-16-14(8-12)15-9-13(3-5-17(15)23-16)22-20(24)11-1-6-18-19(7-11)26-10-25-18/h1-2,4,6-8,13,23H,3,5,9-10H2,(H,22,24). The van der Waals surface area contributed by atoms with E-state index in [2.05, 4.69) is 10.3 Å². The van der Waals surface area contributed by atoms with E-state index in [4.69, 9.17) is 9.47 Å². The van der Waals surface area contributed by atoms with Crippen molar-refractivity contribution in [3.63, 3.8) is 0 Å². The Hall–Kier alpha value is -3.02. The molecule has 1 atom stereocenters. The third kappa shape index (κ3) is 2.49. The zero-order valence-electron chi connectivity index (χ0n) is 14.0. The summed E-state index contributed by atoms with van der Waals surface area (Å²) in [5, 5.41) is 4.00. The van der Waals surface area contributed by atoms with Crippen LogP contribution in [0.1, 0.15) is 28.0 Å². The smallest absolute Gasteiger partial charge is 0.251 e. The SMILES string of the molecule is O=C(NC1CCc2[nH]c3ccc(F)cc3c2C1)c1ccc2c(c1)OCO2. The van der Waals surface area contributed by atoms with Crippen LogP contribution in [0.15, 0.2) is 36.4 Å².